The molecular weight excluding hydrogens is 228 g/mol. The number of hydrogen-bond donors (Lipinski definition) is 2. The second-order valence-corrected chi connectivity index (χ2v) is 5.17. The minimum absolute atomic E-state index is 0.308. The number of nitrogens with one attached hydrogen (secondary N) is 1. The van der Waals surface area contributed by atoms with Crippen LogP contribution in [-0.4, -0.2) is 34.1 Å². The topological polar surface area (TPSA) is 80.0 Å². The molecule has 6 heteroatoms. The van der Waals surface area contributed by atoms with Crippen LogP contribution in [0, 0.1) is 5.92 Å². The molecule has 1 saturated carbocycles. The van der Waals surface area contributed by atoms with Crippen LogP contribution in [0.2, 0.25) is 0 Å². The molecule has 2 unspecified atom stereocenters. The van der Waals surface area contributed by atoms with Crippen LogP contribution in [0.3, 0.4) is 0 Å². The van der Waals surface area contributed by atoms with Gasteiger partial charge in [-0.1, -0.05) is 13.3 Å². The first kappa shape index (κ1) is 11.5. The van der Waals surface area contributed by atoms with Gasteiger partial charge in [0.25, 0.3) is 0 Å². The fourth-order valence-electron chi connectivity index (χ4n) is 2.55. The Bertz CT molecular complexity index is 429. The Hall–Kier alpha value is -1.59. The van der Waals surface area contributed by atoms with Crippen LogP contribution >= 0.6 is 0 Å². The van der Waals surface area contributed by atoms with E-state index >= 15 is 0 Å². The Balaban J connectivity index is 1.73. The van der Waals surface area contributed by atoms with Crippen molar-refractivity contribution >= 4 is 17.8 Å². The summed E-state index contributed by atoms with van der Waals surface area (Å²) in [6.07, 6.45) is 4.82. The van der Waals surface area contributed by atoms with Gasteiger partial charge in [0.05, 0.1) is 0 Å². The maximum absolute atomic E-state index is 5.76. The van der Waals surface area contributed by atoms with Gasteiger partial charge in [-0.3, -0.25) is 0 Å². The van der Waals surface area contributed by atoms with Crippen LogP contribution in [0.5, 0.6) is 0 Å². The van der Waals surface area contributed by atoms with Gasteiger partial charge in [-0.2, -0.15) is 15.0 Å². The lowest BCUT2D eigenvalue weighted by Crippen LogP contribution is -2.22. The van der Waals surface area contributed by atoms with Gasteiger partial charge >= 0.3 is 0 Å². The Morgan fingerprint density at radius 3 is 2.72 bits per heavy atom. The normalized spacial score (nSPS) is 26.4. The van der Waals surface area contributed by atoms with Crippen molar-refractivity contribution < 1.29 is 0 Å². The highest BCUT2D eigenvalue weighted by Crippen LogP contribution is 2.35. The van der Waals surface area contributed by atoms with Crippen molar-refractivity contribution in [2.75, 3.05) is 29.0 Å². The summed E-state index contributed by atoms with van der Waals surface area (Å²) in [5, 5.41) is 3.35. The summed E-state index contributed by atoms with van der Waals surface area (Å²) in [6, 6.07) is 0.517. The molecule has 0 amide bonds. The molecule has 1 aromatic rings. The van der Waals surface area contributed by atoms with E-state index in [4.69, 9.17) is 5.73 Å². The highest BCUT2D eigenvalue weighted by atomic mass is 15.3. The summed E-state index contributed by atoms with van der Waals surface area (Å²) in [5.41, 5.74) is 5.76. The smallest absolute Gasteiger partial charge is 0.231 e. The third kappa shape index (κ3) is 2.32. The fraction of sp³-hybridized carbons (Fsp3) is 0.750. The molecule has 0 bridgehead atoms. The number of nitrogen functional groups attached to an aromatic ring is 1. The molecule has 2 heterocycles. The largest absolute Gasteiger partial charge is 0.368 e. The average molecular weight is 248 g/mol. The van der Waals surface area contributed by atoms with Crippen LogP contribution in [0.4, 0.5) is 17.8 Å². The molecule has 6 nitrogen and oxygen atoms in total. The first-order chi connectivity index (χ1) is 8.76. The van der Waals surface area contributed by atoms with E-state index in [-0.39, 0.29) is 0 Å². The highest BCUT2D eigenvalue weighted by Gasteiger charge is 2.36. The summed E-state index contributed by atoms with van der Waals surface area (Å²) in [7, 11) is 0. The maximum Gasteiger partial charge on any atom is 0.231 e. The van der Waals surface area contributed by atoms with Gasteiger partial charge in [-0.25, -0.2) is 0 Å². The van der Waals surface area contributed by atoms with E-state index in [1.54, 1.807) is 0 Å². The maximum atomic E-state index is 5.76. The van der Waals surface area contributed by atoms with Crippen molar-refractivity contribution in [1.29, 1.82) is 0 Å². The molecule has 1 aliphatic heterocycles. The van der Waals surface area contributed by atoms with Crippen LogP contribution in [-0.2, 0) is 0 Å². The molecule has 2 aliphatic rings. The molecule has 0 radical (unpaired) electrons. The minimum atomic E-state index is 0.308. The van der Waals surface area contributed by atoms with Gasteiger partial charge in [0.2, 0.25) is 17.8 Å². The Morgan fingerprint density at radius 2 is 2.06 bits per heavy atom. The number of nitrogens with zero attached hydrogens (tertiary/aromatic N) is 4. The second-order valence-electron chi connectivity index (χ2n) is 5.17. The fourth-order valence-corrected chi connectivity index (χ4v) is 2.55. The van der Waals surface area contributed by atoms with E-state index in [2.05, 4.69) is 32.1 Å². The molecule has 1 aromatic heterocycles. The van der Waals surface area contributed by atoms with E-state index in [1.165, 1.54) is 25.7 Å². The van der Waals surface area contributed by atoms with Crippen LogP contribution < -0.4 is 16.0 Å². The van der Waals surface area contributed by atoms with E-state index in [0.717, 1.165) is 25.0 Å². The van der Waals surface area contributed by atoms with Gasteiger partial charge in [0, 0.05) is 19.1 Å². The van der Waals surface area contributed by atoms with Gasteiger partial charge in [0.1, 0.15) is 0 Å². The number of anilines is 3. The molecule has 2 atom stereocenters. The van der Waals surface area contributed by atoms with Gasteiger partial charge in [0.15, 0.2) is 0 Å². The summed E-state index contributed by atoms with van der Waals surface area (Å²) in [4.78, 5) is 15.0. The van der Waals surface area contributed by atoms with Crippen LogP contribution in [0.15, 0.2) is 0 Å². The molecule has 98 valence electrons. The number of rotatable bonds is 4. The molecule has 3 rings (SSSR count). The van der Waals surface area contributed by atoms with Crippen molar-refractivity contribution in [3.8, 4) is 0 Å². The molecule has 2 fully saturated rings. The number of hydrogen-bond acceptors (Lipinski definition) is 6. The molecule has 0 spiro atoms. The van der Waals surface area contributed by atoms with Crippen molar-refractivity contribution in [2.45, 2.75) is 38.6 Å². The monoisotopic (exact) mass is 248 g/mol. The summed E-state index contributed by atoms with van der Waals surface area (Å²) >= 11 is 0. The predicted molar refractivity (Wildman–Crippen MR) is 71.5 cm³/mol. The van der Waals surface area contributed by atoms with Gasteiger partial charge in [-0.15, -0.1) is 0 Å². The SMILES string of the molecule is CCC1CC1Nc1nc(N)nc(N2CCCC2)n1. The highest BCUT2D eigenvalue weighted by molar-refractivity contribution is 5.43. The van der Waals surface area contributed by atoms with E-state index in [1.807, 2.05) is 0 Å². The van der Waals surface area contributed by atoms with E-state index in [9.17, 15) is 0 Å². The Kier molecular flexibility index (Phi) is 2.93. The lowest BCUT2D eigenvalue weighted by molar-refractivity contribution is 0.770. The number of aromatic nitrogens is 3. The molecule has 0 aromatic carbocycles. The van der Waals surface area contributed by atoms with Crippen molar-refractivity contribution in [3.05, 3.63) is 0 Å². The zero-order valence-electron chi connectivity index (χ0n) is 10.8. The second kappa shape index (κ2) is 4.59. The van der Waals surface area contributed by atoms with Crippen LogP contribution in [0.1, 0.15) is 32.6 Å². The van der Waals surface area contributed by atoms with Crippen molar-refractivity contribution in [3.63, 3.8) is 0 Å². The third-order valence-corrected chi connectivity index (χ3v) is 3.79. The number of nitrogens with two attached hydrogens (primary N) is 1. The molecule has 1 aliphatic carbocycles. The molecular formula is C12H20N6. The van der Waals surface area contributed by atoms with E-state index in [0.29, 0.717) is 17.9 Å². The summed E-state index contributed by atoms with van der Waals surface area (Å²) in [5.74, 6) is 2.42. The van der Waals surface area contributed by atoms with E-state index < -0.39 is 0 Å². The van der Waals surface area contributed by atoms with Gasteiger partial charge < -0.3 is 16.0 Å². The average Bonchev–Trinajstić information content (AvgIpc) is 2.89. The van der Waals surface area contributed by atoms with Gasteiger partial charge in [-0.05, 0) is 25.2 Å². The van der Waals surface area contributed by atoms with Crippen molar-refractivity contribution in [1.82, 2.24) is 15.0 Å². The summed E-state index contributed by atoms with van der Waals surface area (Å²) in [6.45, 7) is 4.25. The van der Waals surface area contributed by atoms with Crippen LogP contribution in [0.25, 0.3) is 0 Å². The zero-order valence-corrected chi connectivity index (χ0v) is 10.8. The predicted octanol–water partition coefficient (Wildman–Crippen LogP) is 1.26. The standard InChI is InChI=1S/C12H20N6/c1-2-8-7-9(8)14-11-15-10(13)16-12(17-11)18-5-3-4-6-18/h8-9H,2-7H2,1H3,(H3,13,14,15,16,17). The zero-order chi connectivity index (χ0) is 12.5. The quantitative estimate of drug-likeness (QED) is 0.835. The minimum Gasteiger partial charge on any atom is -0.368 e. The molecule has 1 saturated heterocycles. The third-order valence-electron chi connectivity index (χ3n) is 3.79. The summed E-state index contributed by atoms with van der Waals surface area (Å²) < 4.78 is 0. The lowest BCUT2D eigenvalue weighted by Gasteiger charge is -2.16. The molecule has 3 N–H and O–H groups in total. The Morgan fingerprint density at radius 1 is 1.28 bits per heavy atom. The van der Waals surface area contributed by atoms with Crippen molar-refractivity contribution in [2.24, 2.45) is 5.92 Å². The Labute approximate surface area is 107 Å². The first-order valence-electron chi connectivity index (χ1n) is 6.79. The molecule has 18 heavy (non-hydrogen) atoms. The lowest BCUT2D eigenvalue weighted by atomic mass is 10.3. The first-order valence-corrected chi connectivity index (χ1v) is 6.79.